The highest BCUT2D eigenvalue weighted by Crippen LogP contribution is 2.40. The number of imidazole rings is 1. The van der Waals surface area contributed by atoms with E-state index >= 15 is 0 Å². The van der Waals surface area contributed by atoms with E-state index < -0.39 is 0 Å². The Morgan fingerprint density at radius 1 is 1.58 bits per heavy atom. The van der Waals surface area contributed by atoms with Crippen molar-refractivity contribution in [2.75, 3.05) is 19.8 Å². The molecule has 3 unspecified atom stereocenters. The van der Waals surface area contributed by atoms with Gasteiger partial charge in [-0.05, 0) is 18.8 Å². The molecule has 3 rings (SSSR count). The van der Waals surface area contributed by atoms with Crippen LogP contribution in [-0.2, 0) is 16.5 Å². The summed E-state index contributed by atoms with van der Waals surface area (Å²) >= 11 is 0. The summed E-state index contributed by atoms with van der Waals surface area (Å²) < 4.78 is 13.4. The van der Waals surface area contributed by atoms with Crippen molar-refractivity contribution in [2.45, 2.75) is 30.9 Å². The molecule has 2 aliphatic heterocycles. The van der Waals surface area contributed by atoms with Crippen molar-refractivity contribution in [3.63, 3.8) is 0 Å². The van der Waals surface area contributed by atoms with E-state index in [1.165, 1.54) is 0 Å². The van der Waals surface area contributed by atoms with Crippen molar-refractivity contribution in [3.05, 3.63) is 18.2 Å². The van der Waals surface area contributed by atoms with Crippen molar-refractivity contribution < 1.29 is 9.47 Å². The fourth-order valence-electron chi connectivity index (χ4n) is 3.27. The Kier molecular flexibility index (Phi) is 3.58. The van der Waals surface area contributed by atoms with Crippen LogP contribution in [0.1, 0.15) is 31.0 Å². The molecule has 0 bridgehead atoms. The Balaban J connectivity index is 1.76. The lowest BCUT2D eigenvalue weighted by Gasteiger charge is -2.39. The van der Waals surface area contributed by atoms with E-state index in [4.69, 9.17) is 15.3 Å². The van der Waals surface area contributed by atoms with Crippen molar-refractivity contribution in [3.8, 4) is 0 Å². The highest BCUT2D eigenvalue weighted by molar-refractivity contribution is 5.07. The molecular formula is C13H22N4O2. The van der Waals surface area contributed by atoms with E-state index in [1.807, 2.05) is 24.1 Å². The number of hydrogen-bond acceptors (Lipinski definition) is 5. The lowest BCUT2D eigenvalue weighted by molar-refractivity contribution is -0.103. The molecule has 106 valence electrons. The maximum atomic E-state index is 5.97. The van der Waals surface area contributed by atoms with Gasteiger partial charge in [-0.25, -0.2) is 4.98 Å². The molecule has 6 heteroatoms. The molecule has 2 saturated heterocycles. The molecule has 3 N–H and O–H groups in total. The molecule has 0 radical (unpaired) electrons. The number of aromatic nitrogens is 2. The SMILES string of the molecule is Cn1cnc(C(NN)C2CCOC3(CCOC3)C2)c1. The third kappa shape index (κ3) is 2.53. The van der Waals surface area contributed by atoms with Gasteiger partial charge in [0.25, 0.3) is 0 Å². The minimum atomic E-state index is -0.0905. The van der Waals surface area contributed by atoms with Crippen molar-refractivity contribution >= 4 is 0 Å². The standard InChI is InChI=1S/C13H22N4O2/c1-17-7-11(15-9-17)12(16-14)10-2-4-19-13(6-10)3-5-18-8-13/h7,9-10,12,16H,2-6,8,14H2,1H3. The van der Waals surface area contributed by atoms with Gasteiger partial charge in [0.15, 0.2) is 0 Å². The van der Waals surface area contributed by atoms with Crippen LogP contribution in [0.15, 0.2) is 12.5 Å². The molecule has 1 spiro atoms. The maximum Gasteiger partial charge on any atom is 0.0947 e. The molecular weight excluding hydrogens is 244 g/mol. The summed E-state index contributed by atoms with van der Waals surface area (Å²) in [4.78, 5) is 4.43. The molecule has 2 aliphatic rings. The Hall–Kier alpha value is -0.950. The zero-order chi connectivity index (χ0) is 13.3. The summed E-state index contributed by atoms with van der Waals surface area (Å²) in [6, 6.07) is 0.0857. The molecule has 0 amide bonds. The van der Waals surface area contributed by atoms with Crippen LogP contribution in [0.25, 0.3) is 0 Å². The van der Waals surface area contributed by atoms with E-state index in [1.54, 1.807) is 0 Å². The van der Waals surface area contributed by atoms with Crippen molar-refractivity contribution in [1.82, 2.24) is 15.0 Å². The summed E-state index contributed by atoms with van der Waals surface area (Å²) in [5.41, 5.74) is 3.85. The second kappa shape index (κ2) is 5.20. The predicted molar refractivity (Wildman–Crippen MR) is 70.1 cm³/mol. The third-order valence-electron chi connectivity index (χ3n) is 4.29. The average Bonchev–Trinajstić information content (AvgIpc) is 3.01. The summed E-state index contributed by atoms with van der Waals surface area (Å²) in [6.45, 7) is 2.29. The molecule has 1 aromatic rings. The van der Waals surface area contributed by atoms with Gasteiger partial charge in [-0.3, -0.25) is 11.3 Å². The van der Waals surface area contributed by atoms with Crippen molar-refractivity contribution in [1.29, 1.82) is 0 Å². The number of hydrogen-bond donors (Lipinski definition) is 2. The normalized spacial score (nSPS) is 32.8. The van der Waals surface area contributed by atoms with Crippen LogP contribution in [0.3, 0.4) is 0 Å². The Labute approximate surface area is 113 Å². The summed E-state index contributed by atoms with van der Waals surface area (Å²) in [7, 11) is 1.97. The number of aryl methyl sites for hydroxylation is 1. The zero-order valence-corrected chi connectivity index (χ0v) is 11.3. The van der Waals surface area contributed by atoms with Crippen LogP contribution in [-0.4, -0.2) is 35.0 Å². The minimum Gasteiger partial charge on any atom is -0.378 e. The summed E-state index contributed by atoms with van der Waals surface area (Å²) in [6.07, 6.45) is 6.82. The second-order valence-corrected chi connectivity index (χ2v) is 5.70. The third-order valence-corrected chi connectivity index (χ3v) is 4.29. The second-order valence-electron chi connectivity index (χ2n) is 5.70. The number of nitrogens with two attached hydrogens (primary N) is 1. The fourth-order valence-corrected chi connectivity index (χ4v) is 3.27. The van der Waals surface area contributed by atoms with Crippen LogP contribution in [0.4, 0.5) is 0 Å². The van der Waals surface area contributed by atoms with E-state index in [0.717, 1.165) is 38.2 Å². The fraction of sp³-hybridized carbons (Fsp3) is 0.769. The monoisotopic (exact) mass is 266 g/mol. The molecule has 0 aromatic carbocycles. The topological polar surface area (TPSA) is 74.3 Å². The Morgan fingerprint density at radius 3 is 3.11 bits per heavy atom. The average molecular weight is 266 g/mol. The van der Waals surface area contributed by atoms with Gasteiger partial charge in [0, 0.05) is 32.9 Å². The lowest BCUT2D eigenvalue weighted by Crippen LogP contribution is -2.45. The number of rotatable bonds is 3. The molecule has 6 nitrogen and oxygen atoms in total. The zero-order valence-electron chi connectivity index (χ0n) is 11.3. The highest BCUT2D eigenvalue weighted by Gasteiger charge is 2.43. The van der Waals surface area contributed by atoms with Gasteiger partial charge in [-0.1, -0.05) is 0 Å². The molecule has 3 atom stereocenters. The Bertz CT molecular complexity index is 428. The maximum absolute atomic E-state index is 5.97. The van der Waals surface area contributed by atoms with E-state index in [-0.39, 0.29) is 11.6 Å². The van der Waals surface area contributed by atoms with Crippen LogP contribution in [0, 0.1) is 5.92 Å². The quantitative estimate of drug-likeness (QED) is 0.616. The minimum absolute atomic E-state index is 0.0857. The van der Waals surface area contributed by atoms with E-state index in [9.17, 15) is 0 Å². The Morgan fingerprint density at radius 2 is 2.47 bits per heavy atom. The lowest BCUT2D eigenvalue weighted by atomic mass is 9.80. The van der Waals surface area contributed by atoms with Gasteiger partial charge in [-0.2, -0.15) is 0 Å². The first-order chi connectivity index (χ1) is 9.22. The number of nitrogens with one attached hydrogen (secondary N) is 1. The first kappa shape index (κ1) is 13.1. The largest absolute Gasteiger partial charge is 0.378 e. The van der Waals surface area contributed by atoms with Crippen LogP contribution < -0.4 is 11.3 Å². The molecule has 19 heavy (non-hydrogen) atoms. The smallest absolute Gasteiger partial charge is 0.0947 e. The molecule has 0 saturated carbocycles. The van der Waals surface area contributed by atoms with E-state index in [0.29, 0.717) is 12.5 Å². The van der Waals surface area contributed by atoms with Gasteiger partial charge < -0.3 is 14.0 Å². The number of hydrazine groups is 1. The van der Waals surface area contributed by atoms with Crippen LogP contribution in [0.5, 0.6) is 0 Å². The first-order valence-corrected chi connectivity index (χ1v) is 6.88. The first-order valence-electron chi connectivity index (χ1n) is 6.88. The van der Waals surface area contributed by atoms with E-state index in [2.05, 4.69) is 10.4 Å². The summed E-state index contributed by atoms with van der Waals surface area (Å²) in [5, 5.41) is 0. The summed E-state index contributed by atoms with van der Waals surface area (Å²) in [5.74, 6) is 6.20. The van der Waals surface area contributed by atoms with Crippen LogP contribution >= 0.6 is 0 Å². The van der Waals surface area contributed by atoms with Gasteiger partial charge in [0.2, 0.25) is 0 Å². The van der Waals surface area contributed by atoms with Gasteiger partial charge >= 0.3 is 0 Å². The van der Waals surface area contributed by atoms with Gasteiger partial charge in [0.1, 0.15) is 0 Å². The van der Waals surface area contributed by atoms with Gasteiger partial charge in [0.05, 0.1) is 30.3 Å². The highest BCUT2D eigenvalue weighted by atomic mass is 16.6. The number of ether oxygens (including phenoxy) is 2. The van der Waals surface area contributed by atoms with Gasteiger partial charge in [-0.15, -0.1) is 0 Å². The van der Waals surface area contributed by atoms with Crippen molar-refractivity contribution in [2.24, 2.45) is 18.8 Å². The number of nitrogens with zero attached hydrogens (tertiary/aromatic N) is 2. The molecule has 0 aliphatic carbocycles. The molecule has 1 aromatic heterocycles. The predicted octanol–water partition coefficient (Wildman–Crippen LogP) is 0.510. The molecule has 3 heterocycles. The van der Waals surface area contributed by atoms with Crippen LogP contribution in [0.2, 0.25) is 0 Å². The molecule has 2 fully saturated rings.